The molecule has 0 amide bonds. The van der Waals surface area contributed by atoms with Crippen LogP contribution in [0.25, 0.3) is 0 Å². The van der Waals surface area contributed by atoms with Gasteiger partial charge in [0.2, 0.25) is 0 Å². The molecule has 19 heavy (non-hydrogen) atoms. The summed E-state index contributed by atoms with van der Waals surface area (Å²) in [7, 11) is 0. The fourth-order valence-corrected chi connectivity index (χ4v) is 2.29. The van der Waals surface area contributed by atoms with Gasteiger partial charge < -0.3 is 14.9 Å². The fraction of sp³-hybridized carbons (Fsp3) is 0.500. The lowest BCUT2D eigenvalue weighted by atomic mass is 9.96. The molecule has 1 aromatic carbocycles. The first kappa shape index (κ1) is 13.9. The summed E-state index contributed by atoms with van der Waals surface area (Å²) in [6.45, 7) is 9.87. The van der Waals surface area contributed by atoms with E-state index in [0.717, 1.165) is 12.2 Å². The summed E-state index contributed by atoms with van der Waals surface area (Å²) in [5.74, 6) is 0. The van der Waals surface area contributed by atoms with Crippen LogP contribution in [-0.2, 0) is 5.60 Å². The summed E-state index contributed by atoms with van der Waals surface area (Å²) in [4.78, 5) is 4.42. The monoisotopic (exact) mass is 260 g/mol. The zero-order chi connectivity index (χ0) is 14.1. The summed E-state index contributed by atoms with van der Waals surface area (Å²) in [6, 6.07) is 9.84. The van der Waals surface area contributed by atoms with E-state index in [2.05, 4.69) is 43.0 Å². The van der Waals surface area contributed by atoms with E-state index in [1.807, 2.05) is 37.3 Å². The number of aliphatic hydroxyl groups is 1. The lowest BCUT2D eigenvalue weighted by Crippen LogP contribution is -2.42. The van der Waals surface area contributed by atoms with Crippen molar-refractivity contribution in [2.75, 3.05) is 13.2 Å². The minimum Gasteiger partial charge on any atom is -0.384 e. The molecular weight excluding hydrogens is 236 g/mol. The van der Waals surface area contributed by atoms with Crippen molar-refractivity contribution in [2.24, 2.45) is 0 Å². The second-order valence-corrected chi connectivity index (χ2v) is 6.47. The highest BCUT2D eigenvalue weighted by Gasteiger charge is 2.29. The van der Waals surface area contributed by atoms with Crippen LogP contribution in [0.3, 0.4) is 0 Å². The minimum atomic E-state index is -0.834. The SMILES string of the molecule is CC(C)(C)N1C=CN(C[C@](C)(O)c2ccccc2)C1. The van der Waals surface area contributed by atoms with E-state index in [1.54, 1.807) is 0 Å². The molecule has 3 nitrogen and oxygen atoms in total. The Labute approximate surface area is 116 Å². The van der Waals surface area contributed by atoms with Crippen LogP contribution in [-0.4, -0.2) is 33.7 Å². The molecule has 0 saturated carbocycles. The molecule has 0 spiro atoms. The van der Waals surface area contributed by atoms with Gasteiger partial charge >= 0.3 is 0 Å². The van der Waals surface area contributed by atoms with Gasteiger partial charge in [-0.2, -0.15) is 0 Å². The van der Waals surface area contributed by atoms with Gasteiger partial charge in [-0.3, -0.25) is 0 Å². The van der Waals surface area contributed by atoms with Gasteiger partial charge in [0.05, 0.1) is 13.2 Å². The second-order valence-electron chi connectivity index (χ2n) is 6.47. The first-order valence-electron chi connectivity index (χ1n) is 6.76. The highest BCUT2D eigenvalue weighted by Crippen LogP contribution is 2.25. The van der Waals surface area contributed by atoms with Crippen molar-refractivity contribution >= 4 is 0 Å². The minimum absolute atomic E-state index is 0.115. The molecule has 1 aromatic rings. The first-order valence-corrected chi connectivity index (χ1v) is 6.76. The van der Waals surface area contributed by atoms with Gasteiger partial charge in [0.1, 0.15) is 5.60 Å². The van der Waals surface area contributed by atoms with Gasteiger partial charge in [0.15, 0.2) is 0 Å². The Balaban J connectivity index is 2.02. The molecule has 1 heterocycles. The van der Waals surface area contributed by atoms with E-state index < -0.39 is 5.60 Å². The topological polar surface area (TPSA) is 26.7 Å². The Morgan fingerprint density at radius 1 is 1.05 bits per heavy atom. The molecule has 3 heteroatoms. The average molecular weight is 260 g/mol. The Morgan fingerprint density at radius 3 is 2.21 bits per heavy atom. The molecule has 1 atom stereocenters. The zero-order valence-electron chi connectivity index (χ0n) is 12.3. The smallest absolute Gasteiger partial charge is 0.104 e. The molecule has 0 fully saturated rings. The van der Waals surface area contributed by atoms with Crippen LogP contribution in [0, 0.1) is 0 Å². The Hall–Kier alpha value is -1.48. The first-order chi connectivity index (χ1) is 8.79. The lowest BCUT2D eigenvalue weighted by Gasteiger charge is -2.35. The van der Waals surface area contributed by atoms with E-state index in [-0.39, 0.29) is 5.54 Å². The van der Waals surface area contributed by atoms with Crippen LogP contribution in [0.15, 0.2) is 42.7 Å². The van der Waals surface area contributed by atoms with Gasteiger partial charge in [-0.25, -0.2) is 0 Å². The third-order valence-corrected chi connectivity index (χ3v) is 3.56. The summed E-state index contributed by atoms with van der Waals surface area (Å²) in [5.41, 5.74) is 0.237. The normalized spacial score (nSPS) is 18.8. The van der Waals surface area contributed by atoms with Gasteiger partial charge in [0, 0.05) is 17.9 Å². The third kappa shape index (κ3) is 3.29. The van der Waals surface area contributed by atoms with Crippen LogP contribution < -0.4 is 0 Å². The number of nitrogens with zero attached hydrogens (tertiary/aromatic N) is 2. The van der Waals surface area contributed by atoms with E-state index >= 15 is 0 Å². The maximum absolute atomic E-state index is 10.6. The molecule has 0 saturated heterocycles. The van der Waals surface area contributed by atoms with Gasteiger partial charge in [0.25, 0.3) is 0 Å². The number of rotatable bonds is 3. The third-order valence-electron chi connectivity index (χ3n) is 3.56. The van der Waals surface area contributed by atoms with Gasteiger partial charge in [-0.05, 0) is 33.3 Å². The number of benzene rings is 1. The Bertz CT molecular complexity index is 446. The van der Waals surface area contributed by atoms with Crippen LogP contribution in [0.1, 0.15) is 33.3 Å². The van der Waals surface area contributed by atoms with Crippen molar-refractivity contribution in [1.29, 1.82) is 0 Å². The van der Waals surface area contributed by atoms with Crippen molar-refractivity contribution in [3.63, 3.8) is 0 Å². The van der Waals surface area contributed by atoms with E-state index in [0.29, 0.717) is 6.54 Å². The maximum atomic E-state index is 10.6. The average Bonchev–Trinajstić information content (AvgIpc) is 2.78. The number of β-amino-alcohol motifs (C(OH)–C–C–N with tert-alkyl or cyclic N) is 1. The largest absolute Gasteiger partial charge is 0.384 e. The predicted octanol–water partition coefficient (Wildman–Crippen LogP) is 2.74. The predicted molar refractivity (Wildman–Crippen MR) is 78.3 cm³/mol. The van der Waals surface area contributed by atoms with Gasteiger partial charge in [-0.15, -0.1) is 0 Å². The van der Waals surface area contributed by atoms with Crippen LogP contribution in [0.4, 0.5) is 0 Å². The van der Waals surface area contributed by atoms with Crippen LogP contribution in [0.5, 0.6) is 0 Å². The van der Waals surface area contributed by atoms with Crippen molar-refractivity contribution in [1.82, 2.24) is 9.80 Å². The van der Waals surface area contributed by atoms with Crippen molar-refractivity contribution in [2.45, 2.75) is 38.8 Å². The summed E-state index contributed by atoms with van der Waals surface area (Å²) in [6.07, 6.45) is 4.16. The zero-order valence-corrected chi connectivity index (χ0v) is 12.3. The fourth-order valence-electron chi connectivity index (χ4n) is 2.29. The van der Waals surface area contributed by atoms with E-state index in [4.69, 9.17) is 0 Å². The van der Waals surface area contributed by atoms with Crippen LogP contribution in [0.2, 0.25) is 0 Å². The molecule has 0 radical (unpaired) electrons. The molecule has 104 valence electrons. The molecule has 1 aliphatic rings. The van der Waals surface area contributed by atoms with Gasteiger partial charge in [-0.1, -0.05) is 30.3 Å². The molecule has 1 N–H and O–H groups in total. The molecular formula is C16H24N2O. The summed E-state index contributed by atoms with van der Waals surface area (Å²) < 4.78 is 0. The Morgan fingerprint density at radius 2 is 1.68 bits per heavy atom. The van der Waals surface area contributed by atoms with E-state index in [1.165, 1.54) is 0 Å². The van der Waals surface area contributed by atoms with Crippen molar-refractivity contribution < 1.29 is 5.11 Å². The lowest BCUT2D eigenvalue weighted by molar-refractivity contribution is 0.0192. The quantitative estimate of drug-likeness (QED) is 0.905. The van der Waals surface area contributed by atoms with Crippen molar-refractivity contribution in [3.05, 3.63) is 48.3 Å². The summed E-state index contributed by atoms with van der Waals surface area (Å²) in [5, 5.41) is 10.6. The van der Waals surface area contributed by atoms with Crippen molar-refractivity contribution in [3.8, 4) is 0 Å². The standard InChI is InChI=1S/C16H24N2O/c1-15(2,3)18-11-10-17(13-18)12-16(4,19)14-8-6-5-7-9-14/h5-11,19H,12-13H2,1-4H3/t16-/m0/s1. The molecule has 0 aliphatic carbocycles. The van der Waals surface area contributed by atoms with Crippen LogP contribution >= 0.6 is 0 Å². The maximum Gasteiger partial charge on any atom is 0.104 e. The highest BCUT2D eigenvalue weighted by molar-refractivity contribution is 5.22. The summed E-state index contributed by atoms with van der Waals surface area (Å²) >= 11 is 0. The highest BCUT2D eigenvalue weighted by atomic mass is 16.3. The van der Waals surface area contributed by atoms with E-state index in [9.17, 15) is 5.11 Å². The number of hydrogen-bond donors (Lipinski definition) is 1. The second kappa shape index (κ2) is 4.89. The molecule has 0 unspecified atom stereocenters. The molecule has 0 aromatic heterocycles. The molecule has 1 aliphatic heterocycles. The molecule has 2 rings (SSSR count). The number of hydrogen-bond acceptors (Lipinski definition) is 3. The molecule has 0 bridgehead atoms. The Kier molecular flexibility index (Phi) is 3.59.